The summed E-state index contributed by atoms with van der Waals surface area (Å²) in [5.74, 6) is 0.178. The largest absolute Gasteiger partial charge is 0.493 e. The smallest absolute Gasteiger partial charge is 0.344 e. The van der Waals surface area contributed by atoms with E-state index in [4.69, 9.17) is 14.7 Å². The molecule has 0 aliphatic carbocycles. The number of nitrogens with zero attached hydrogens (tertiary/aromatic N) is 1. The highest BCUT2D eigenvalue weighted by Crippen LogP contribution is 2.29. The molecule has 20 heavy (non-hydrogen) atoms. The van der Waals surface area contributed by atoms with Crippen molar-refractivity contribution in [1.29, 1.82) is 5.26 Å². The van der Waals surface area contributed by atoms with E-state index >= 15 is 0 Å². The lowest BCUT2D eigenvalue weighted by Crippen LogP contribution is -2.10. The number of hydrogen-bond donors (Lipinski definition) is 0. The highest BCUT2D eigenvalue weighted by molar-refractivity contribution is 14.1. The van der Waals surface area contributed by atoms with Gasteiger partial charge >= 0.3 is 5.97 Å². The molecule has 0 aliphatic heterocycles. The second kappa shape index (κ2) is 6.39. The van der Waals surface area contributed by atoms with Crippen LogP contribution in [-0.4, -0.2) is 13.1 Å². The molecule has 0 spiro atoms. The Morgan fingerprint density at radius 2 is 1.95 bits per heavy atom. The SMILES string of the molecule is COc1cc(C#N)ccc1OC(=O)c1ccccc1I. The Morgan fingerprint density at radius 3 is 2.60 bits per heavy atom. The molecule has 2 rings (SSSR count). The van der Waals surface area contributed by atoms with E-state index in [1.165, 1.54) is 13.2 Å². The first kappa shape index (κ1) is 14.3. The Bertz CT molecular complexity index is 692. The molecule has 0 atom stereocenters. The van der Waals surface area contributed by atoms with Gasteiger partial charge < -0.3 is 9.47 Å². The Balaban J connectivity index is 2.29. The number of ether oxygens (including phenoxy) is 2. The maximum Gasteiger partial charge on any atom is 0.344 e. The fraction of sp³-hybridized carbons (Fsp3) is 0.0667. The van der Waals surface area contributed by atoms with E-state index in [0.29, 0.717) is 16.9 Å². The molecule has 0 N–H and O–H groups in total. The molecule has 5 heteroatoms. The summed E-state index contributed by atoms with van der Waals surface area (Å²) in [6.07, 6.45) is 0. The molecule has 0 aromatic heterocycles. The van der Waals surface area contributed by atoms with Crippen molar-refractivity contribution in [3.63, 3.8) is 0 Å². The van der Waals surface area contributed by atoms with Gasteiger partial charge in [0.15, 0.2) is 11.5 Å². The Morgan fingerprint density at radius 1 is 1.20 bits per heavy atom. The third-order valence-electron chi connectivity index (χ3n) is 2.59. The molecule has 0 bridgehead atoms. The summed E-state index contributed by atoms with van der Waals surface area (Å²) < 4.78 is 11.3. The van der Waals surface area contributed by atoms with Gasteiger partial charge in [0.2, 0.25) is 0 Å². The van der Waals surface area contributed by atoms with Crippen LogP contribution in [0.2, 0.25) is 0 Å². The lowest BCUT2D eigenvalue weighted by molar-refractivity contribution is 0.0728. The number of carbonyl (C=O) groups excluding carboxylic acids is 1. The summed E-state index contributed by atoms with van der Waals surface area (Å²) in [5, 5.41) is 8.83. The van der Waals surface area contributed by atoms with E-state index in [1.54, 1.807) is 24.3 Å². The summed E-state index contributed by atoms with van der Waals surface area (Å²) >= 11 is 2.07. The van der Waals surface area contributed by atoms with Crippen LogP contribution in [0.25, 0.3) is 0 Å². The van der Waals surface area contributed by atoms with Gasteiger partial charge in [-0.2, -0.15) is 5.26 Å². The third-order valence-corrected chi connectivity index (χ3v) is 3.53. The average molecular weight is 379 g/mol. The molecule has 0 saturated heterocycles. The van der Waals surface area contributed by atoms with Crippen LogP contribution in [-0.2, 0) is 0 Å². The number of halogens is 1. The van der Waals surface area contributed by atoms with Crippen LogP contribution >= 0.6 is 22.6 Å². The molecule has 0 radical (unpaired) electrons. The summed E-state index contributed by atoms with van der Waals surface area (Å²) in [5.41, 5.74) is 0.926. The molecular formula is C15H10INO3. The molecule has 2 aromatic rings. The van der Waals surface area contributed by atoms with Crippen molar-refractivity contribution in [1.82, 2.24) is 0 Å². The van der Waals surface area contributed by atoms with Crippen LogP contribution < -0.4 is 9.47 Å². The zero-order valence-electron chi connectivity index (χ0n) is 10.6. The lowest BCUT2D eigenvalue weighted by atomic mass is 10.2. The van der Waals surface area contributed by atoms with Crippen LogP contribution in [0.4, 0.5) is 0 Å². The molecule has 0 fully saturated rings. The van der Waals surface area contributed by atoms with E-state index in [2.05, 4.69) is 22.6 Å². The van der Waals surface area contributed by atoms with Crippen molar-refractivity contribution in [3.8, 4) is 17.6 Å². The number of hydrogen-bond acceptors (Lipinski definition) is 4. The summed E-state index contributed by atoms with van der Waals surface area (Å²) in [6, 6.07) is 13.8. The van der Waals surface area contributed by atoms with Gasteiger partial charge in [0.1, 0.15) is 0 Å². The van der Waals surface area contributed by atoms with Crippen molar-refractivity contribution < 1.29 is 14.3 Å². The fourth-order valence-corrected chi connectivity index (χ4v) is 2.21. The lowest BCUT2D eigenvalue weighted by Gasteiger charge is -2.10. The molecule has 0 saturated carbocycles. The molecule has 0 aliphatic rings. The van der Waals surface area contributed by atoms with Crippen LogP contribution in [0, 0.1) is 14.9 Å². The van der Waals surface area contributed by atoms with E-state index in [9.17, 15) is 4.79 Å². The van der Waals surface area contributed by atoms with Crippen molar-refractivity contribution in [2.45, 2.75) is 0 Å². The second-order valence-electron chi connectivity index (χ2n) is 3.85. The zero-order valence-corrected chi connectivity index (χ0v) is 12.7. The summed E-state index contributed by atoms with van der Waals surface area (Å²) in [4.78, 5) is 12.1. The Hall–Kier alpha value is -2.07. The van der Waals surface area contributed by atoms with Gasteiger partial charge in [-0.3, -0.25) is 0 Å². The van der Waals surface area contributed by atoms with Crippen molar-refractivity contribution in [2.24, 2.45) is 0 Å². The van der Waals surface area contributed by atoms with E-state index in [-0.39, 0.29) is 5.75 Å². The minimum Gasteiger partial charge on any atom is -0.493 e. The third kappa shape index (κ3) is 3.08. The van der Waals surface area contributed by atoms with E-state index in [1.807, 2.05) is 18.2 Å². The van der Waals surface area contributed by atoms with Gasteiger partial charge in [-0.25, -0.2) is 4.79 Å². The molecule has 4 nitrogen and oxygen atoms in total. The number of rotatable bonds is 3. The minimum absolute atomic E-state index is 0.288. The Labute approximate surface area is 130 Å². The predicted octanol–water partition coefficient (Wildman–Crippen LogP) is 3.39. The summed E-state index contributed by atoms with van der Waals surface area (Å²) in [7, 11) is 1.46. The average Bonchev–Trinajstić information content (AvgIpc) is 2.48. The van der Waals surface area contributed by atoms with Crippen LogP contribution in [0.15, 0.2) is 42.5 Å². The van der Waals surface area contributed by atoms with Gasteiger partial charge in [-0.1, -0.05) is 12.1 Å². The number of esters is 1. The highest BCUT2D eigenvalue weighted by Gasteiger charge is 2.15. The summed E-state index contributed by atoms with van der Waals surface area (Å²) in [6.45, 7) is 0. The first-order valence-corrected chi connectivity index (χ1v) is 6.78. The predicted molar refractivity (Wildman–Crippen MR) is 81.8 cm³/mol. The molecule has 100 valence electrons. The van der Waals surface area contributed by atoms with Gasteiger partial charge in [-0.05, 0) is 46.9 Å². The topological polar surface area (TPSA) is 59.3 Å². The quantitative estimate of drug-likeness (QED) is 0.466. The number of carbonyl (C=O) groups is 1. The first-order chi connectivity index (χ1) is 9.65. The molecule has 0 unspecified atom stereocenters. The van der Waals surface area contributed by atoms with E-state index < -0.39 is 5.97 Å². The maximum absolute atomic E-state index is 12.1. The highest BCUT2D eigenvalue weighted by atomic mass is 127. The number of nitriles is 1. The zero-order chi connectivity index (χ0) is 14.5. The normalized spacial score (nSPS) is 9.65. The van der Waals surface area contributed by atoms with Crippen LogP contribution in [0.5, 0.6) is 11.5 Å². The van der Waals surface area contributed by atoms with Gasteiger partial charge in [0.25, 0.3) is 0 Å². The maximum atomic E-state index is 12.1. The van der Waals surface area contributed by atoms with Crippen molar-refractivity contribution in [3.05, 3.63) is 57.2 Å². The van der Waals surface area contributed by atoms with Crippen LogP contribution in [0.3, 0.4) is 0 Å². The minimum atomic E-state index is -0.460. The van der Waals surface area contributed by atoms with Crippen molar-refractivity contribution in [2.75, 3.05) is 7.11 Å². The monoisotopic (exact) mass is 379 g/mol. The Kier molecular flexibility index (Phi) is 4.58. The second-order valence-corrected chi connectivity index (χ2v) is 5.01. The van der Waals surface area contributed by atoms with E-state index in [0.717, 1.165) is 3.57 Å². The fourth-order valence-electron chi connectivity index (χ4n) is 1.60. The van der Waals surface area contributed by atoms with Gasteiger partial charge in [0.05, 0.1) is 24.3 Å². The standard InChI is InChI=1S/C15H10INO3/c1-19-14-8-10(9-17)6-7-13(14)20-15(18)11-4-2-3-5-12(11)16/h2-8H,1H3. The van der Waals surface area contributed by atoms with Crippen LogP contribution in [0.1, 0.15) is 15.9 Å². The number of benzene rings is 2. The molecule has 0 amide bonds. The molecule has 2 aromatic carbocycles. The van der Waals surface area contributed by atoms with Gasteiger partial charge in [-0.15, -0.1) is 0 Å². The molecular weight excluding hydrogens is 369 g/mol. The first-order valence-electron chi connectivity index (χ1n) is 5.70. The van der Waals surface area contributed by atoms with Crippen molar-refractivity contribution >= 4 is 28.6 Å². The van der Waals surface area contributed by atoms with Gasteiger partial charge in [0, 0.05) is 9.64 Å². The molecule has 0 heterocycles. The number of methoxy groups -OCH3 is 1.